The lowest BCUT2D eigenvalue weighted by Crippen LogP contribution is -2.33. The first-order valence-electron chi connectivity index (χ1n) is 5.65. The quantitative estimate of drug-likeness (QED) is 0.767. The predicted octanol–water partition coefficient (Wildman–Crippen LogP) is 2.07. The van der Waals surface area contributed by atoms with Crippen LogP contribution in [0, 0.1) is 5.41 Å². The molecule has 3 heteroatoms. The Morgan fingerprint density at radius 3 is 2.80 bits per heavy atom. The van der Waals surface area contributed by atoms with Crippen molar-refractivity contribution in [2.24, 2.45) is 12.5 Å². The van der Waals surface area contributed by atoms with E-state index in [1.165, 1.54) is 6.42 Å². The molecule has 1 saturated carbocycles. The normalized spacial score (nSPS) is 30.4. The van der Waals surface area contributed by atoms with Crippen molar-refractivity contribution in [2.45, 2.75) is 45.1 Å². The lowest BCUT2D eigenvalue weighted by Gasteiger charge is -2.38. The molecule has 0 aromatic carbocycles. The molecule has 1 fully saturated rings. The molecule has 1 aromatic heterocycles. The summed E-state index contributed by atoms with van der Waals surface area (Å²) in [7, 11) is 1.95. The Bertz CT molecular complexity index is 343. The standard InChI is InChI=1S/C12H20N2O/c1-12(2)6-4-9(11(15)8-12)10-5-7-13-14(10)3/h5,7,9,11,15H,4,6,8H2,1-3H3/t9-,11?/m1/s1. The maximum atomic E-state index is 10.2. The van der Waals surface area contributed by atoms with E-state index in [0.29, 0.717) is 0 Å². The largest absolute Gasteiger partial charge is 0.392 e. The zero-order valence-electron chi connectivity index (χ0n) is 9.77. The van der Waals surface area contributed by atoms with E-state index >= 15 is 0 Å². The number of hydrogen-bond donors (Lipinski definition) is 1. The molecule has 1 aromatic rings. The Morgan fingerprint density at radius 2 is 2.27 bits per heavy atom. The van der Waals surface area contributed by atoms with Crippen LogP contribution in [-0.4, -0.2) is 21.0 Å². The molecule has 15 heavy (non-hydrogen) atoms. The molecular weight excluding hydrogens is 188 g/mol. The third-order valence-corrected chi connectivity index (χ3v) is 3.60. The van der Waals surface area contributed by atoms with Gasteiger partial charge in [0.1, 0.15) is 0 Å². The van der Waals surface area contributed by atoms with Crippen LogP contribution in [0.4, 0.5) is 0 Å². The fourth-order valence-electron chi connectivity index (χ4n) is 2.64. The molecular formula is C12H20N2O. The van der Waals surface area contributed by atoms with Gasteiger partial charge >= 0.3 is 0 Å². The highest BCUT2D eigenvalue weighted by molar-refractivity contribution is 5.11. The highest BCUT2D eigenvalue weighted by atomic mass is 16.3. The van der Waals surface area contributed by atoms with Gasteiger partial charge in [-0.3, -0.25) is 4.68 Å². The highest BCUT2D eigenvalue weighted by Gasteiger charge is 2.35. The lowest BCUT2D eigenvalue weighted by molar-refractivity contribution is 0.0436. The summed E-state index contributed by atoms with van der Waals surface area (Å²) in [5, 5.41) is 14.3. The van der Waals surface area contributed by atoms with Gasteiger partial charge in [0.25, 0.3) is 0 Å². The molecule has 0 bridgehead atoms. The van der Waals surface area contributed by atoms with E-state index < -0.39 is 0 Å². The molecule has 0 spiro atoms. The number of hydrogen-bond acceptors (Lipinski definition) is 2. The van der Waals surface area contributed by atoms with E-state index in [1.54, 1.807) is 0 Å². The molecule has 2 rings (SSSR count). The van der Waals surface area contributed by atoms with Gasteiger partial charge < -0.3 is 5.11 Å². The monoisotopic (exact) mass is 208 g/mol. The summed E-state index contributed by atoms with van der Waals surface area (Å²) in [6, 6.07) is 2.02. The minimum absolute atomic E-state index is 0.218. The van der Waals surface area contributed by atoms with Gasteiger partial charge in [0.15, 0.2) is 0 Å². The molecule has 0 amide bonds. The Labute approximate surface area is 91.1 Å². The van der Waals surface area contributed by atoms with E-state index in [4.69, 9.17) is 0 Å². The van der Waals surface area contributed by atoms with Gasteiger partial charge in [-0.2, -0.15) is 5.10 Å². The van der Waals surface area contributed by atoms with E-state index in [2.05, 4.69) is 18.9 Å². The summed E-state index contributed by atoms with van der Waals surface area (Å²) in [4.78, 5) is 0. The molecule has 1 aliphatic carbocycles. The molecule has 1 aliphatic rings. The number of rotatable bonds is 1. The third kappa shape index (κ3) is 2.07. The number of aliphatic hydroxyl groups is 1. The molecule has 2 atom stereocenters. The van der Waals surface area contributed by atoms with Crippen LogP contribution in [0.5, 0.6) is 0 Å². The zero-order valence-corrected chi connectivity index (χ0v) is 9.77. The summed E-state index contributed by atoms with van der Waals surface area (Å²) in [5.74, 6) is 0.269. The number of aliphatic hydroxyl groups excluding tert-OH is 1. The SMILES string of the molecule is Cn1nccc1[C@H]1CCC(C)(C)CC1O. The van der Waals surface area contributed by atoms with Crippen LogP contribution in [0.25, 0.3) is 0 Å². The average Bonchev–Trinajstić information content (AvgIpc) is 2.50. The second-order valence-electron chi connectivity index (χ2n) is 5.46. The molecule has 3 nitrogen and oxygen atoms in total. The van der Waals surface area contributed by atoms with Crippen molar-refractivity contribution >= 4 is 0 Å². The van der Waals surface area contributed by atoms with Crippen molar-refractivity contribution in [1.29, 1.82) is 0 Å². The maximum absolute atomic E-state index is 10.2. The van der Waals surface area contributed by atoms with E-state index in [-0.39, 0.29) is 17.4 Å². The van der Waals surface area contributed by atoms with Crippen molar-refractivity contribution in [3.8, 4) is 0 Å². The van der Waals surface area contributed by atoms with E-state index in [9.17, 15) is 5.11 Å². The fraction of sp³-hybridized carbons (Fsp3) is 0.750. The highest BCUT2D eigenvalue weighted by Crippen LogP contribution is 2.42. The molecule has 0 radical (unpaired) electrons. The van der Waals surface area contributed by atoms with E-state index in [1.807, 2.05) is 24.0 Å². The van der Waals surface area contributed by atoms with Crippen molar-refractivity contribution in [2.75, 3.05) is 0 Å². The summed E-state index contributed by atoms with van der Waals surface area (Å²) >= 11 is 0. The van der Waals surface area contributed by atoms with Gasteiger partial charge in [-0.05, 0) is 30.7 Å². The molecule has 84 valence electrons. The molecule has 0 aliphatic heterocycles. The van der Waals surface area contributed by atoms with Gasteiger partial charge in [-0.15, -0.1) is 0 Å². The van der Waals surface area contributed by atoms with Gasteiger partial charge in [0.05, 0.1) is 6.10 Å². The Hall–Kier alpha value is -0.830. The third-order valence-electron chi connectivity index (χ3n) is 3.60. The summed E-state index contributed by atoms with van der Waals surface area (Å²) in [6.45, 7) is 4.46. The first kappa shape index (κ1) is 10.7. The number of aryl methyl sites for hydroxylation is 1. The Morgan fingerprint density at radius 1 is 1.53 bits per heavy atom. The van der Waals surface area contributed by atoms with Crippen LogP contribution < -0.4 is 0 Å². The Balaban J connectivity index is 2.16. The first-order valence-corrected chi connectivity index (χ1v) is 5.65. The van der Waals surface area contributed by atoms with Crippen molar-refractivity contribution in [3.05, 3.63) is 18.0 Å². The van der Waals surface area contributed by atoms with Gasteiger partial charge in [-0.25, -0.2) is 0 Å². The summed E-state index contributed by atoms with van der Waals surface area (Å²) in [6.07, 6.45) is 4.72. The predicted molar refractivity (Wildman–Crippen MR) is 59.6 cm³/mol. The zero-order chi connectivity index (χ0) is 11.1. The minimum Gasteiger partial charge on any atom is -0.392 e. The second kappa shape index (κ2) is 3.63. The van der Waals surface area contributed by atoms with Crippen LogP contribution >= 0.6 is 0 Å². The van der Waals surface area contributed by atoms with Crippen molar-refractivity contribution < 1.29 is 5.11 Å². The summed E-state index contributed by atoms with van der Waals surface area (Å²) in [5.41, 5.74) is 1.45. The topological polar surface area (TPSA) is 38.0 Å². The fourth-order valence-corrected chi connectivity index (χ4v) is 2.64. The minimum atomic E-state index is -0.218. The van der Waals surface area contributed by atoms with Crippen LogP contribution in [-0.2, 0) is 7.05 Å². The van der Waals surface area contributed by atoms with Gasteiger partial charge in [-0.1, -0.05) is 13.8 Å². The van der Waals surface area contributed by atoms with Crippen molar-refractivity contribution in [1.82, 2.24) is 9.78 Å². The second-order valence-corrected chi connectivity index (χ2v) is 5.46. The van der Waals surface area contributed by atoms with E-state index in [0.717, 1.165) is 18.5 Å². The Kier molecular flexibility index (Phi) is 2.59. The molecule has 1 heterocycles. The number of nitrogens with zero attached hydrogens (tertiary/aromatic N) is 2. The van der Waals surface area contributed by atoms with Crippen LogP contribution in [0.2, 0.25) is 0 Å². The van der Waals surface area contributed by atoms with Crippen molar-refractivity contribution in [3.63, 3.8) is 0 Å². The van der Waals surface area contributed by atoms with Gasteiger partial charge in [0.2, 0.25) is 0 Å². The van der Waals surface area contributed by atoms with Crippen LogP contribution in [0.15, 0.2) is 12.3 Å². The number of aromatic nitrogens is 2. The lowest BCUT2D eigenvalue weighted by atomic mass is 9.70. The first-order chi connectivity index (χ1) is 6.99. The summed E-state index contributed by atoms with van der Waals surface area (Å²) < 4.78 is 1.88. The maximum Gasteiger partial charge on any atom is 0.0628 e. The molecule has 0 saturated heterocycles. The van der Waals surface area contributed by atoms with Crippen LogP contribution in [0.3, 0.4) is 0 Å². The van der Waals surface area contributed by atoms with Crippen LogP contribution in [0.1, 0.15) is 44.7 Å². The smallest absolute Gasteiger partial charge is 0.0628 e. The van der Waals surface area contributed by atoms with Gasteiger partial charge in [0, 0.05) is 24.9 Å². The molecule has 1 N–H and O–H groups in total. The average molecular weight is 208 g/mol. The molecule has 1 unspecified atom stereocenters.